The maximum atomic E-state index is 13.8. The van der Waals surface area contributed by atoms with Gasteiger partial charge in [-0.05, 0) is 43.5 Å². The molecule has 8 nitrogen and oxygen atoms in total. The summed E-state index contributed by atoms with van der Waals surface area (Å²) in [5.74, 6) is 1.21. The molecule has 160 valence electrons. The number of hydrogen-bond donors (Lipinski definition) is 4. The molecule has 1 aliphatic rings. The van der Waals surface area contributed by atoms with E-state index in [2.05, 4.69) is 14.9 Å². The van der Waals surface area contributed by atoms with Gasteiger partial charge in [0.25, 0.3) is 0 Å². The topological polar surface area (TPSA) is 134 Å². The monoisotopic (exact) mass is 412 g/mol. The van der Waals surface area contributed by atoms with E-state index in [1.54, 1.807) is 6.07 Å². The van der Waals surface area contributed by atoms with Crippen molar-refractivity contribution in [3.8, 4) is 0 Å². The van der Waals surface area contributed by atoms with Gasteiger partial charge in [-0.2, -0.15) is 9.97 Å². The molecule has 0 amide bonds. The average Bonchev–Trinajstić information content (AvgIpc) is 3.08. The van der Waals surface area contributed by atoms with E-state index in [1.807, 2.05) is 6.92 Å². The summed E-state index contributed by atoms with van der Waals surface area (Å²) in [5.41, 5.74) is 20.7. The highest BCUT2D eigenvalue weighted by Gasteiger charge is 2.25. The summed E-state index contributed by atoms with van der Waals surface area (Å²) in [6.45, 7) is 2.44. The highest BCUT2D eigenvalue weighted by atomic mass is 19.1. The second kappa shape index (κ2) is 8.43. The van der Waals surface area contributed by atoms with Crippen LogP contribution in [0.25, 0.3) is 11.2 Å². The molecule has 9 heteroatoms. The van der Waals surface area contributed by atoms with Crippen LogP contribution in [0.4, 0.5) is 21.8 Å². The second-order valence-corrected chi connectivity index (χ2v) is 8.17. The molecule has 1 aliphatic carbocycles. The van der Waals surface area contributed by atoms with Crippen LogP contribution in [0.15, 0.2) is 18.2 Å². The molecular weight excluding hydrogens is 383 g/mol. The minimum atomic E-state index is -0.318. The molecule has 1 saturated carbocycles. The number of nitrogen functional groups attached to an aromatic ring is 2. The van der Waals surface area contributed by atoms with Crippen LogP contribution >= 0.6 is 0 Å². The van der Waals surface area contributed by atoms with E-state index in [-0.39, 0.29) is 17.9 Å². The maximum Gasteiger partial charge on any atom is 0.226 e. The van der Waals surface area contributed by atoms with Gasteiger partial charge in [0.1, 0.15) is 11.6 Å². The predicted octanol–water partition coefficient (Wildman–Crippen LogP) is 2.98. The van der Waals surface area contributed by atoms with Crippen molar-refractivity contribution in [3.63, 3.8) is 0 Å². The number of anilines is 3. The van der Waals surface area contributed by atoms with E-state index in [0.717, 1.165) is 31.5 Å². The molecule has 0 saturated heterocycles. The van der Waals surface area contributed by atoms with Gasteiger partial charge in [-0.15, -0.1) is 0 Å². The van der Waals surface area contributed by atoms with Crippen molar-refractivity contribution < 1.29 is 4.39 Å². The minimum Gasteiger partial charge on any atom is -0.398 e. The Morgan fingerprint density at radius 2 is 1.93 bits per heavy atom. The Bertz CT molecular complexity index is 1040. The lowest BCUT2D eigenvalue weighted by Crippen LogP contribution is -2.26. The molecule has 2 heterocycles. The van der Waals surface area contributed by atoms with Gasteiger partial charge in [0.05, 0.1) is 0 Å². The number of nitrogens with two attached hydrogens (primary N) is 3. The molecule has 0 aliphatic heterocycles. The quantitative estimate of drug-likeness (QED) is 0.457. The summed E-state index contributed by atoms with van der Waals surface area (Å²) in [6.07, 6.45) is 6.03. The Balaban J connectivity index is 1.81. The van der Waals surface area contributed by atoms with Crippen LogP contribution in [-0.2, 0) is 6.42 Å². The molecule has 1 unspecified atom stereocenters. The van der Waals surface area contributed by atoms with Gasteiger partial charge in [-0.25, -0.2) is 9.37 Å². The zero-order valence-electron chi connectivity index (χ0n) is 17.2. The van der Waals surface area contributed by atoms with E-state index in [4.69, 9.17) is 27.2 Å². The smallest absolute Gasteiger partial charge is 0.226 e. The van der Waals surface area contributed by atoms with Gasteiger partial charge < -0.3 is 27.1 Å². The molecule has 0 spiro atoms. The first-order valence-electron chi connectivity index (χ1n) is 10.5. The SMILES string of the molecule is CC(N)CNc1nc(N)c2nc(Cc3cc(F)ccc3N)n(C3CCCCC3)c2n1. The molecule has 0 bridgehead atoms. The summed E-state index contributed by atoms with van der Waals surface area (Å²) < 4.78 is 16.0. The van der Waals surface area contributed by atoms with Crippen molar-refractivity contribution >= 4 is 28.6 Å². The average molecular weight is 413 g/mol. The lowest BCUT2D eigenvalue weighted by molar-refractivity contribution is 0.352. The fraction of sp³-hybridized carbons (Fsp3) is 0.476. The number of nitrogens with one attached hydrogen (secondary N) is 1. The van der Waals surface area contributed by atoms with Crippen LogP contribution in [0.2, 0.25) is 0 Å². The summed E-state index contributed by atoms with van der Waals surface area (Å²) in [5, 5.41) is 3.14. The van der Waals surface area contributed by atoms with Crippen LogP contribution in [-0.4, -0.2) is 32.1 Å². The number of aromatic nitrogens is 4. The summed E-state index contributed by atoms with van der Waals surface area (Å²) in [7, 11) is 0. The minimum absolute atomic E-state index is 0.0414. The molecule has 3 aromatic rings. The van der Waals surface area contributed by atoms with Gasteiger partial charge in [0, 0.05) is 30.7 Å². The van der Waals surface area contributed by atoms with Crippen LogP contribution in [0.1, 0.15) is 56.5 Å². The van der Waals surface area contributed by atoms with Crippen molar-refractivity contribution in [3.05, 3.63) is 35.4 Å². The number of hydrogen-bond acceptors (Lipinski definition) is 7. The van der Waals surface area contributed by atoms with Crippen LogP contribution < -0.4 is 22.5 Å². The van der Waals surface area contributed by atoms with Gasteiger partial charge in [0.15, 0.2) is 17.0 Å². The molecule has 2 aromatic heterocycles. The van der Waals surface area contributed by atoms with Crippen molar-refractivity contribution in [2.24, 2.45) is 5.73 Å². The van der Waals surface area contributed by atoms with Crippen molar-refractivity contribution in [2.45, 2.75) is 57.5 Å². The van der Waals surface area contributed by atoms with Crippen molar-refractivity contribution in [1.29, 1.82) is 0 Å². The largest absolute Gasteiger partial charge is 0.398 e. The normalized spacial score (nSPS) is 16.1. The molecule has 7 N–H and O–H groups in total. The molecule has 30 heavy (non-hydrogen) atoms. The first-order valence-corrected chi connectivity index (χ1v) is 10.5. The molecule has 1 atom stereocenters. The standard InChI is InChI=1S/C21H29FN8/c1-12(23)11-26-21-28-19(25)18-20(29-21)30(15-5-3-2-4-6-15)17(27-18)10-13-9-14(22)7-8-16(13)24/h7-9,12,15H,2-6,10-11,23-24H2,1H3,(H3,25,26,28,29). The number of rotatable bonds is 6. The maximum absolute atomic E-state index is 13.8. The van der Waals surface area contributed by atoms with E-state index >= 15 is 0 Å². The summed E-state index contributed by atoms with van der Waals surface area (Å²) in [6, 6.07) is 4.64. The van der Waals surface area contributed by atoms with Gasteiger partial charge in [0.2, 0.25) is 5.95 Å². The Morgan fingerprint density at radius 1 is 1.17 bits per heavy atom. The van der Waals surface area contributed by atoms with Crippen LogP contribution in [0, 0.1) is 5.82 Å². The molecule has 4 rings (SSSR count). The number of nitrogens with zero attached hydrogens (tertiary/aromatic N) is 4. The number of imidazole rings is 1. The number of fused-ring (bicyclic) bond motifs is 1. The first-order chi connectivity index (χ1) is 14.4. The van der Waals surface area contributed by atoms with E-state index < -0.39 is 0 Å². The highest BCUT2D eigenvalue weighted by molar-refractivity contribution is 5.83. The van der Waals surface area contributed by atoms with Crippen molar-refractivity contribution in [2.75, 3.05) is 23.3 Å². The highest BCUT2D eigenvalue weighted by Crippen LogP contribution is 2.34. The van der Waals surface area contributed by atoms with Gasteiger partial charge in [-0.1, -0.05) is 19.3 Å². The van der Waals surface area contributed by atoms with E-state index in [0.29, 0.717) is 47.1 Å². The number of benzene rings is 1. The van der Waals surface area contributed by atoms with Crippen LogP contribution in [0.5, 0.6) is 0 Å². The van der Waals surface area contributed by atoms with Crippen LogP contribution in [0.3, 0.4) is 0 Å². The molecular formula is C21H29FN8. The third-order valence-electron chi connectivity index (χ3n) is 5.62. The zero-order valence-corrected chi connectivity index (χ0v) is 17.2. The molecule has 0 radical (unpaired) electrons. The van der Waals surface area contributed by atoms with E-state index in [9.17, 15) is 4.39 Å². The summed E-state index contributed by atoms with van der Waals surface area (Å²) in [4.78, 5) is 13.8. The van der Waals surface area contributed by atoms with Crippen molar-refractivity contribution in [1.82, 2.24) is 19.5 Å². The lowest BCUT2D eigenvalue weighted by atomic mass is 9.95. The second-order valence-electron chi connectivity index (χ2n) is 8.17. The Kier molecular flexibility index (Phi) is 5.72. The molecule has 1 aromatic carbocycles. The zero-order chi connectivity index (χ0) is 21.3. The molecule has 1 fully saturated rings. The fourth-order valence-electron chi connectivity index (χ4n) is 4.12. The number of halogens is 1. The fourth-order valence-corrected chi connectivity index (χ4v) is 4.12. The Labute approximate surface area is 175 Å². The Morgan fingerprint density at radius 3 is 2.67 bits per heavy atom. The lowest BCUT2D eigenvalue weighted by Gasteiger charge is -2.25. The van der Waals surface area contributed by atoms with E-state index in [1.165, 1.54) is 18.6 Å². The summed E-state index contributed by atoms with van der Waals surface area (Å²) >= 11 is 0. The first kappa shape index (κ1) is 20.3. The van der Waals surface area contributed by atoms with Gasteiger partial charge >= 0.3 is 0 Å². The Hall–Kier alpha value is -2.94. The van der Waals surface area contributed by atoms with Gasteiger partial charge in [-0.3, -0.25) is 0 Å². The predicted molar refractivity (Wildman–Crippen MR) is 118 cm³/mol. The third kappa shape index (κ3) is 4.16. The third-order valence-corrected chi connectivity index (χ3v) is 5.62.